The van der Waals surface area contributed by atoms with Crippen LogP contribution >= 0.6 is 0 Å². The molecule has 0 aliphatic rings. The number of aryl methyl sites for hydroxylation is 4. The van der Waals surface area contributed by atoms with Gasteiger partial charge in [-0.05, 0) is 0 Å². The quantitative estimate of drug-likeness (QED) is 0.184. The Morgan fingerprint density at radius 3 is 1.27 bits per heavy atom. The summed E-state index contributed by atoms with van der Waals surface area (Å²) in [5.41, 5.74) is -0.0969. The molecule has 4 rings (SSSR count). The van der Waals surface area contributed by atoms with Crippen LogP contribution < -0.4 is 41.1 Å². The van der Waals surface area contributed by atoms with E-state index >= 15 is 0 Å². The Balaban J connectivity index is 0.000000494. The molecule has 4 aromatic rings. The third-order valence-corrected chi connectivity index (χ3v) is 3.95. The fraction of sp³-hybridized carbons (Fsp3) is 0.286. The van der Waals surface area contributed by atoms with Gasteiger partial charge in [0, 0.05) is 28.2 Å². The van der Waals surface area contributed by atoms with Crippen molar-refractivity contribution in [2.75, 3.05) is 0 Å². The molecule has 4 aromatic heterocycles. The minimum atomic E-state index is -4.94. The third-order valence-electron chi connectivity index (χ3n) is 3.95. The van der Waals surface area contributed by atoms with Gasteiger partial charge in [-0.15, -0.1) is 10.2 Å². The van der Waals surface area contributed by atoms with Crippen LogP contribution in [0.2, 0.25) is 0 Å². The second-order valence-corrected chi connectivity index (χ2v) is 6.83. The molecular weight excluding hydrogens is 568 g/mol. The Bertz CT molecular complexity index is 1360. The molecule has 17 nitrogen and oxygen atoms in total. The molecule has 4 N–H and O–H groups in total. The summed E-state index contributed by atoms with van der Waals surface area (Å²) in [5.74, 6) is 0. The Labute approximate surface area is 199 Å². The Morgan fingerprint density at radius 2 is 1.00 bits per heavy atom. The van der Waals surface area contributed by atoms with E-state index < -0.39 is 32.7 Å². The van der Waals surface area contributed by atoms with Crippen LogP contribution in [0.3, 0.4) is 0 Å². The molecule has 0 radical (unpaired) electrons. The summed E-state index contributed by atoms with van der Waals surface area (Å²) in [7, 11) is 1.59. The van der Waals surface area contributed by atoms with Crippen molar-refractivity contribution in [1.29, 1.82) is 0 Å². The topological polar surface area (TPSA) is 269 Å². The maximum atomic E-state index is 11.3. The zero-order valence-electron chi connectivity index (χ0n) is 17.3. The van der Waals surface area contributed by atoms with Gasteiger partial charge in [0.1, 0.15) is 0 Å². The first kappa shape index (κ1) is 30.1. The zero-order chi connectivity index (χ0) is 23.7. The molecule has 0 amide bonds. The number of H-pyrrole nitrogens is 2. The third kappa shape index (κ3) is 7.05. The van der Waals surface area contributed by atoms with Crippen LogP contribution in [0.15, 0.2) is 31.8 Å². The van der Waals surface area contributed by atoms with E-state index in [1.165, 1.54) is 21.8 Å². The van der Waals surface area contributed by atoms with E-state index in [9.17, 15) is 19.2 Å². The average Bonchev–Trinajstić information content (AvgIpc) is 3.21. The Kier molecular flexibility index (Phi) is 10.3. The van der Waals surface area contributed by atoms with Crippen molar-refractivity contribution in [3.8, 4) is 0 Å². The van der Waals surface area contributed by atoms with Crippen LogP contribution in [0.4, 0.5) is 0 Å². The maximum absolute atomic E-state index is 11.3. The van der Waals surface area contributed by atoms with Gasteiger partial charge >= 0.3 is 33.8 Å². The Hall–Kier alpha value is -2.87. The number of aromatic amines is 2. The molecule has 4 heterocycles. The summed E-state index contributed by atoms with van der Waals surface area (Å²) in [6.07, 6.45) is 3.00. The van der Waals surface area contributed by atoms with E-state index in [1.807, 2.05) is 0 Å². The molecule has 0 aliphatic heterocycles. The van der Waals surface area contributed by atoms with Crippen molar-refractivity contribution in [1.82, 2.24) is 38.2 Å². The van der Waals surface area contributed by atoms with Crippen LogP contribution in [0, 0.1) is 10.2 Å². The molecule has 0 saturated carbocycles. The van der Waals surface area contributed by atoms with Gasteiger partial charge in [-0.2, -0.15) is 0 Å². The van der Waals surface area contributed by atoms with Gasteiger partial charge in [0.05, 0.1) is 12.7 Å². The largest absolute Gasteiger partial charge is 1.00 e. The molecular formula is C14H18AgClN8O9. The number of halogens is 1. The normalized spacial score (nSPS) is 10.4. The fourth-order valence-corrected chi connectivity index (χ4v) is 2.52. The first-order valence-corrected chi connectivity index (χ1v) is 9.28. The average molecular weight is 586 g/mol. The van der Waals surface area contributed by atoms with E-state index in [2.05, 4.69) is 19.9 Å². The van der Waals surface area contributed by atoms with E-state index in [-0.39, 0.29) is 27.9 Å². The molecule has 0 aromatic carbocycles. The van der Waals surface area contributed by atoms with Crippen molar-refractivity contribution in [2.24, 2.45) is 28.2 Å². The summed E-state index contributed by atoms with van der Waals surface area (Å²) in [6, 6.07) is 0. The van der Waals surface area contributed by atoms with Gasteiger partial charge < -0.3 is 14.6 Å². The van der Waals surface area contributed by atoms with E-state index in [1.54, 1.807) is 37.3 Å². The number of nitrogens with one attached hydrogen (secondary N) is 2. The van der Waals surface area contributed by atoms with Crippen molar-refractivity contribution in [3.05, 3.63) is 54.3 Å². The minimum absolute atomic E-state index is 0. The van der Waals surface area contributed by atoms with Crippen LogP contribution in [-0.2, 0) is 50.6 Å². The van der Waals surface area contributed by atoms with Crippen LogP contribution in [0.25, 0.3) is 22.3 Å². The first-order valence-electron chi connectivity index (χ1n) is 8.04. The van der Waals surface area contributed by atoms with Gasteiger partial charge in [0.25, 0.3) is 11.1 Å². The predicted molar refractivity (Wildman–Crippen MR) is 96.8 cm³/mol. The molecule has 0 unspecified atom stereocenters. The fourth-order valence-electron chi connectivity index (χ4n) is 2.52. The van der Waals surface area contributed by atoms with E-state index in [0.29, 0.717) is 22.3 Å². The number of hydrogen-bond acceptors (Lipinski definition) is 10. The molecule has 0 atom stereocenters. The van der Waals surface area contributed by atoms with Crippen molar-refractivity contribution in [3.63, 3.8) is 0 Å². The summed E-state index contributed by atoms with van der Waals surface area (Å²) < 4.78 is 39.7. The predicted octanol–water partition coefficient (Wildman–Crippen LogP) is -7.66. The molecule has 0 aliphatic carbocycles. The summed E-state index contributed by atoms with van der Waals surface area (Å²) in [5, 5.41) is 0. The smallest absolute Gasteiger partial charge is 0.412 e. The SMILES string of the molecule is Cn1cnc2c1c(=O)[nH]c(=O)n2C.Cn1cnc2c1c(=O)[nH]c(=O)n2C.O.[Ag+].[O-][Cl+3]([O-])([O-])[O-]. The summed E-state index contributed by atoms with van der Waals surface area (Å²) >= 11 is 0. The summed E-state index contributed by atoms with van der Waals surface area (Å²) in [6.45, 7) is 0. The van der Waals surface area contributed by atoms with Gasteiger partial charge in [0.15, 0.2) is 22.3 Å². The van der Waals surface area contributed by atoms with Crippen LogP contribution in [0.1, 0.15) is 0 Å². The minimum Gasteiger partial charge on any atom is -0.412 e. The van der Waals surface area contributed by atoms with E-state index in [4.69, 9.17) is 18.6 Å². The maximum Gasteiger partial charge on any atom is 1.00 e. The number of imidazole rings is 2. The molecule has 0 fully saturated rings. The van der Waals surface area contributed by atoms with Gasteiger partial charge in [0.2, 0.25) is 0 Å². The van der Waals surface area contributed by atoms with Gasteiger partial charge in [-0.3, -0.25) is 28.7 Å². The van der Waals surface area contributed by atoms with Crippen LogP contribution in [-0.4, -0.2) is 43.7 Å². The van der Waals surface area contributed by atoms with Crippen LogP contribution in [0.5, 0.6) is 0 Å². The number of fused-ring (bicyclic) bond motifs is 2. The second-order valence-electron chi connectivity index (χ2n) is 6.07. The zero-order valence-corrected chi connectivity index (χ0v) is 19.5. The van der Waals surface area contributed by atoms with Gasteiger partial charge in [-0.25, -0.2) is 38.2 Å². The molecule has 0 saturated heterocycles. The number of rotatable bonds is 0. The van der Waals surface area contributed by atoms with Crippen molar-refractivity contribution in [2.45, 2.75) is 0 Å². The number of nitrogens with zero attached hydrogens (tertiary/aromatic N) is 6. The van der Waals surface area contributed by atoms with Gasteiger partial charge in [-0.1, -0.05) is 0 Å². The molecule has 0 bridgehead atoms. The molecule has 19 heteroatoms. The molecule has 186 valence electrons. The number of hydrogen-bond donors (Lipinski definition) is 2. The van der Waals surface area contributed by atoms with Crippen molar-refractivity contribution >= 4 is 22.3 Å². The number of aromatic nitrogens is 8. The molecule has 0 spiro atoms. The molecule has 33 heavy (non-hydrogen) atoms. The standard InChI is InChI=1S/2C7H8N4O2.Ag.ClHO4.H2O/c2*1-10-3-8-5-4(10)6(12)9-7(13)11(5)2;;2-1(3,4)5;/h2*3H,1-2H3,(H,9,12,13);;(H,2,3,4,5);1H2/q;;+1;;/p-1. The van der Waals surface area contributed by atoms with E-state index in [0.717, 1.165) is 0 Å². The second kappa shape index (κ2) is 11.3. The first-order chi connectivity index (χ1) is 14.2. The van der Waals surface area contributed by atoms with Crippen molar-refractivity contribution < 1.29 is 56.7 Å². The monoisotopic (exact) mass is 584 g/mol. The Morgan fingerprint density at radius 1 is 0.727 bits per heavy atom. The summed E-state index contributed by atoms with van der Waals surface area (Å²) in [4.78, 5) is 57.1.